The van der Waals surface area contributed by atoms with Gasteiger partial charge in [-0.25, -0.2) is 8.42 Å². The number of benzene rings is 1. The average Bonchev–Trinajstić information content (AvgIpc) is 2.45. The molecule has 2 rings (SSSR count). The van der Waals surface area contributed by atoms with E-state index in [1.165, 1.54) is 17.0 Å². The van der Waals surface area contributed by atoms with Gasteiger partial charge in [-0.3, -0.25) is 4.79 Å². The van der Waals surface area contributed by atoms with Crippen LogP contribution in [0.4, 0.5) is 0 Å². The number of aliphatic hydroxyl groups excluding tert-OH is 1. The van der Waals surface area contributed by atoms with Crippen molar-refractivity contribution in [2.45, 2.75) is 23.4 Å². The molecule has 0 bridgehead atoms. The highest BCUT2D eigenvalue weighted by atomic mass is 32.2. The van der Waals surface area contributed by atoms with E-state index in [9.17, 15) is 23.1 Å². The summed E-state index contributed by atoms with van der Waals surface area (Å²) in [6.45, 7) is -0.293. The van der Waals surface area contributed by atoms with Crippen LogP contribution in [-0.4, -0.2) is 55.9 Å². The van der Waals surface area contributed by atoms with Gasteiger partial charge < -0.3 is 14.8 Å². The lowest BCUT2D eigenvalue weighted by molar-refractivity contribution is -0.144. The van der Waals surface area contributed by atoms with Gasteiger partial charge in [-0.05, 0) is 18.6 Å². The second-order valence-corrected chi connectivity index (χ2v) is 6.41. The van der Waals surface area contributed by atoms with Crippen molar-refractivity contribution >= 4 is 22.2 Å². The van der Waals surface area contributed by atoms with E-state index in [1.807, 2.05) is 0 Å². The lowest BCUT2D eigenvalue weighted by atomic mass is 10.0. The maximum atomic E-state index is 12.1. The molecule has 2 atom stereocenters. The predicted molar refractivity (Wildman–Crippen MR) is 73.8 cm³/mol. The first-order chi connectivity index (χ1) is 9.99. The minimum atomic E-state index is -3.90. The predicted octanol–water partition coefficient (Wildman–Crippen LogP) is -0.874. The molecule has 1 heterocycles. The molecule has 8 heteroatoms. The Morgan fingerprint density at radius 1 is 1.43 bits per heavy atom. The SMILES string of the molecule is O=CC1CCN1C(=O)[C@@H](CO)NS(=O)(=O)c1ccccc1. The molecule has 1 aromatic carbocycles. The molecule has 21 heavy (non-hydrogen) atoms. The zero-order chi connectivity index (χ0) is 15.5. The Kier molecular flexibility index (Phi) is 4.71. The molecule has 7 nitrogen and oxygen atoms in total. The maximum Gasteiger partial charge on any atom is 0.243 e. The number of rotatable bonds is 6. The summed E-state index contributed by atoms with van der Waals surface area (Å²) in [5.41, 5.74) is 0. The van der Waals surface area contributed by atoms with E-state index in [2.05, 4.69) is 4.72 Å². The number of aliphatic hydroxyl groups is 1. The summed E-state index contributed by atoms with van der Waals surface area (Å²) in [5.74, 6) is -0.597. The summed E-state index contributed by atoms with van der Waals surface area (Å²) >= 11 is 0. The number of amides is 1. The Labute approximate surface area is 122 Å². The van der Waals surface area contributed by atoms with Gasteiger partial charge in [0.25, 0.3) is 0 Å². The Bertz CT molecular complexity index is 617. The van der Waals surface area contributed by atoms with E-state index in [4.69, 9.17) is 0 Å². The minimum absolute atomic E-state index is 0.00629. The van der Waals surface area contributed by atoms with Crippen LogP contribution in [0, 0.1) is 0 Å². The van der Waals surface area contributed by atoms with Crippen LogP contribution in [0.5, 0.6) is 0 Å². The molecule has 1 unspecified atom stereocenters. The first-order valence-corrected chi connectivity index (χ1v) is 7.92. The number of nitrogens with zero attached hydrogens (tertiary/aromatic N) is 1. The quantitative estimate of drug-likeness (QED) is 0.664. The second kappa shape index (κ2) is 6.33. The Balaban J connectivity index is 2.12. The van der Waals surface area contributed by atoms with Gasteiger partial charge in [0.05, 0.1) is 17.5 Å². The van der Waals surface area contributed by atoms with E-state index in [0.29, 0.717) is 19.3 Å². The van der Waals surface area contributed by atoms with E-state index in [0.717, 1.165) is 0 Å². The zero-order valence-corrected chi connectivity index (χ0v) is 12.0. The monoisotopic (exact) mass is 312 g/mol. The van der Waals surface area contributed by atoms with Crippen molar-refractivity contribution in [2.75, 3.05) is 13.2 Å². The molecular formula is C13H16N2O5S. The number of hydrogen-bond donors (Lipinski definition) is 2. The van der Waals surface area contributed by atoms with Crippen molar-refractivity contribution in [3.05, 3.63) is 30.3 Å². The lowest BCUT2D eigenvalue weighted by Gasteiger charge is -2.39. The van der Waals surface area contributed by atoms with Crippen LogP contribution in [0.2, 0.25) is 0 Å². The average molecular weight is 312 g/mol. The fourth-order valence-electron chi connectivity index (χ4n) is 2.04. The maximum absolute atomic E-state index is 12.1. The van der Waals surface area contributed by atoms with Crippen molar-refractivity contribution in [3.8, 4) is 0 Å². The number of hydrogen-bond acceptors (Lipinski definition) is 5. The van der Waals surface area contributed by atoms with Gasteiger partial charge in [-0.15, -0.1) is 0 Å². The zero-order valence-electron chi connectivity index (χ0n) is 11.2. The third-order valence-corrected chi connectivity index (χ3v) is 4.83. The largest absolute Gasteiger partial charge is 0.394 e. The van der Waals surface area contributed by atoms with E-state index < -0.39 is 34.6 Å². The summed E-state index contributed by atoms with van der Waals surface area (Å²) in [4.78, 5) is 24.1. The van der Waals surface area contributed by atoms with Gasteiger partial charge in [0.15, 0.2) is 0 Å². The third-order valence-electron chi connectivity index (χ3n) is 3.34. The van der Waals surface area contributed by atoms with Gasteiger partial charge in [0.1, 0.15) is 12.3 Å². The molecule has 0 aromatic heterocycles. The third kappa shape index (κ3) is 3.29. The topological polar surface area (TPSA) is 104 Å². The number of sulfonamides is 1. The summed E-state index contributed by atoms with van der Waals surface area (Å²) in [7, 11) is -3.90. The van der Waals surface area contributed by atoms with Gasteiger partial charge >= 0.3 is 0 Å². The Morgan fingerprint density at radius 2 is 2.10 bits per heavy atom. The highest BCUT2D eigenvalue weighted by Crippen LogP contribution is 2.17. The van der Waals surface area contributed by atoms with Gasteiger partial charge in [-0.2, -0.15) is 4.72 Å². The summed E-state index contributed by atoms with van der Waals surface area (Å²) < 4.78 is 26.4. The molecular weight excluding hydrogens is 296 g/mol. The number of likely N-dealkylation sites (tertiary alicyclic amines) is 1. The van der Waals surface area contributed by atoms with Crippen LogP contribution in [-0.2, 0) is 19.6 Å². The van der Waals surface area contributed by atoms with Crippen molar-refractivity contribution in [1.82, 2.24) is 9.62 Å². The number of nitrogens with one attached hydrogen (secondary N) is 1. The molecule has 0 aliphatic carbocycles. The Morgan fingerprint density at radius 3 is 2.57 bits per heavy atom. The summed E-state index contributed by atoms with van der Waals surface area (Å²) in [6, 6.07) is 5.73. The molecule has 1 aromatic rings. The van der Waals surface area contributed by atoms with Crippen LogP contribution in [0.1, 0.15) is 6.42 Å². The standard InChI is InChI=1S/C13H16N2O5S/c16-8-10-6-7-15(10)13(18)12(9-17)14-21(19,20)11-4-2-1-3-5-11/h1-5,8,10,12,14,17H,6-7,9H2/t10?,12-/m1/s1. The smallest absolute Gasteiger partial charge is 0.243 e. The highest BCUT2D eigenvalue weighted by Gasteiger charge is 2.37. The van der Waals surface area contributed by atoms with Crippen molar-refractivity contribution in [2.24, 2.45) is 0 Å². The number of aldehydes is 1. The molecule has 2 N–H and O–H groups in total. The minimum Gasteiger partial charge on any atom is -0.394 e. The van der Waals surface area contributed by atoms with Crippen LogP contribution in [0.3, 0.4) is 0 Å². The first kappa shape index (κ1) is 15.6. The number of carbonyl (C=O) groups is 2. The van der Waals surface area contributed by atoms with E-state index in [1.54, 1.807) is 18.2 Å². The van der Waals surface area contributed by atoms with Crippen LogP contribution in [0.25, 0.3) is 0 Å². The van der Waals surface area contributed by atoms with Gasteiger partial charge in [0.2, 0.25) is 15.9 Å². The first-order valence-electron chi connectivity index (χ1n) is 6.43. The van der Waals surface area contributed by atoms with Crippen molar-refractivity contribution in [1.29, 1.82) is 0 Å². The van der Waals surface area contributed by atoms with E-state index >= 15 is 0 Å². The van der Waals surface area contributed by atoms with Crippen LogP contribution >= 0.6 is 0 Å². The van der Waals surface area contributed by atoms with Gasteiger partial charge in [-0.1, -0.05) is 18.2 Å². The molecule has 0 radical (unpaired) electrons. The van der Waals surface area contributed by atoms with Crippen LogP contribution in [0.15, 0.2) is 35.2 Å². The normalized spacial score (nSPS) is 19.7. The number of carbonyl (C=O) groups excluding carboxylic acids is 2. The molecule has 1 saturated heterocycles. The summed E-state index contributed by atoms with van der Waals surface area (Å²) in [6.07, 6.45) is 1.19. The molecule has 0 spiro atoms. The molecule has 1 amide bonds. The van der Waals surface area contributed by atoms with Crippen molar-refractivity contribution < 1.29 is 23.1 Å². The molecule has 1 aliphatic rings. The lowest BCUT2D eigenvalue weighted by Crippen LogP contribution is -2.59. The second-order valence-electron chi connectivity index (χ2n) is 4.69. The van der Waals surface area contributed by atoms with Crippen LogP contribution < -0.4 is 4.72 Å². The fraction of sp³-hybridized carbons (Fsp3) is 0.385. The van der Waals surface area contributed by atoms with Gasteiger partial charge in [0, 0.05) is 6.54 Å². The fourth-order valence-corrected chi connectivity index (χ4v) is 3.24. The Hall–Kier alpha value is -1.77. The highest BCUT2D eigenvalue weighted by molar-refractivity contribution is 7.89. The molecule has 1 fully saturated rings. The molecule has 114 valence electrons. The van der Waals surface area contributed by atoms with Crippen molar-refractivity contribution in [3.63, 3.8) is 0 Å². The summed E-state index contributed by atoms with van der Waals surface area (Å²) in [5, 5.41) is 9.27. The molecule has 0 saturated carbocycles. The molecule has 1 aliphatic heterocycles. The van der Waals surface area contributed by atoms with E-state index in [-0.39, 0.29) is 4.90 Å².